The number of nitrogens with one attached hydrogen (secondary N) is 1. The number of benzene rings is 1. The maximum atomic E-state index is 11.3. The number of rotatable bonds is 4. The van der Waals surface area contributed by atoms with Crippen LogP contribution < -0.4 is 10.1 Å². The van der Waals surface area contributed by atoms with Crippen LogP contribution in [0, 0.1) is 0 Å². The largest absolute Gasteiger partial charge is 0.424 e. The number of carbonyl (C=O) groups is 2. The van der Waals surface area contributed by atoms with Crippen molar-refractivity contribution in [3.05, 3.63) is 24.3 Å². The van der Waals surface area contributed by atoms with E-state index in [0.29, 0.717) is 17.9 Å². The summed E-state index contributed by atoms with van der Waals surface area (Å²) in [5.74, 6) is -0.101. The van der Waals surface area contributed by atoms with Gasteiger partial charge in [0.15, 0.2) is 5.75 Å². The van der Waals surface area contributed by atoms with Crippen molar-refractivity contribution in [3.63, 3.8) is 0 Å². The minimum absolute atomic E-state index is 0.195. The van der Waals surface area contributed by atoms with E-state index in [1.54, 1.807) is 24.3 Å². The Morgan fingerprint density at radius 1 is 1.31 bits per heavy atom. The average Bonchev–Trinajstić information content (AvgIpc) is 2.20. The van der Waals surface area contributed by atoms with Gasteiger partial charge in [0.2, 0.25) is 5.91 Å². The van der Waals surface area contributed by atoms with Crippen molar-refractivity contribution in [2.45, 2.75) is 26.7 Å². The lowest BCUT2D eigenvalue weighted by atomic mass is 10.3. The second-order valence-corrected chi connectivity index (χ2v) is 3.40. The molecule has 86 valence electrons. The molecule has 1 amide bonds. The van der Waals surface area contributed by atoms with Gasteiger partial charge in [0, 0.05) is 13.3 Å². The van der Waals surface area contributed by atoms with Crippen LogP contribution in [0.2, 0.25) is 0 Å². The summed E-state index contributed by atoms with van der Waals surface area (Å²) in [7, 11) is 0. The Morgan fingerprint density at radius 3 is 2.62 bits per heavy atom. The first-order valence-corrected chi connectivity index (χ1v) is 5.20. The maximum absolute atomic E-state index is 11.3. The highest BCUT2D eigenvalue weighted by atomic mass is 16.5. The molecule has 0 heterocycles. The van der Waals surface area contributed by atoms with Crippen molar-refractivity contribution in [2.24, 2.45) is 0 Å². The van der Waals surface area contributed by atoms with Gasteiger partial charge in [-0.3, -0.25) is 9.59 Å². The van der Waals surface area contributed by atoms with Gasteiger partial charge >= 0.3 is 5.97 Å². The van der Waals surface area contributed by atoms with Crippen LogP contribution in [0.3, 0.4) is 0 Å². The van der Waals surface area contributed by atoms with Crippen LogP contribution in [0.25, 0.3) is 0 Å². The van der Waals surface area contributed by atoms with E-state index < -0.39 is 0 Å². The summed E-state index contributed by atoms with van der Waals surface area (Å²) >= 11 is 0. The number of ether oxygens (including phenoxy) is 1. The highest BCUT2D eigenvalue weighted by Crippen LogP contribution is 2.24. The van der Waals surface area contributed by atoms with Gasteiger partial charge in [0.25, 0.3) is 0 Å². The molecule has 0 aliphatic rings. The molecule has 0 saturated heterocycles. The number of hydrogen-bond donors (Lipinski definition) is 1. The van der Waals surface area contributed by atoms with Gasteiger partial charge in [-0.25, -0.2) is 0 Å². The second kappa shape index (κ2) is 5.90. The molecule has 16 heavy (non-hydrogen) atoms. The molecule has 1 rings (SSSR count). The molecule has 0 fully saturated rings. The lowest BCUT2D eigenvalue weighted by Crippen LogP contribution is -2.11. The quantitative estimate of drug-likeness (QED) is 0.627. The highest BCUT2D eigenvalue weighted by molar-refractivity contribution is 5.91. The van der Waals surface area contributed by atoms with E-state index in [-0.39, 0.29) is 11.9 Å². The van der Waals surface area contributed by atoms with E-state index in [9.17, 15) is 9.59 Å². The van der Waals surface area contributed by atoms with Crippen LogP contribution in [0.15, 0.2) is 24.3 Å². The van der Waals surface area contributed by atoms with Gasteiger partial charge in [0.1, 0.15) is 0 Å². The van der Waals surface area contributed by atoms with Crippen molar-refractivity contribution in [2.75, 3.05) is 5.32 Å². The fourth-order valence-electron chi connectivity index (χ4n) is 1.23. The Hall–Kier alpha value is -1.84. The molecular weight excluding hydrogens is 206 g/mol. The number of esters is 1. The Kier molecular flexibility index (Phi) is 4.51. The molecule has 4 nitrogen and oxygen atoms in total. The molecule has 1 aromatic rings. The predicted molar refractivity (Wildman–Crippen MR) is 61.3 cm³/mol. The van der Waals surface area contributed by atoms with Crippen LogP contribution >= 0.6 is 0 Å². The number of carbonyl (C=O) groups excluding carboxylic acids is 2. The standard InChI is InChI=1S/C12H15NO3/c1-3-6-12(15)16-11-8-5-4-7-10(11)13-9(2)14/h4-5,7-8H,3,6H2,1-2H3,(H,13,14). The summed E-state index contributed by atoms with van der Waals surface area (Å²) in [6.07, 6.45) is 1.11. The monoisotopic (exact) mass is 221 g/mol. The third kappa shape index (κ3) is 3.73. The normalized spacial score (nSPS) is 9.62. The van der Waals surface area contributed by atoms with E-state index in [4.69, 9.17) is 4.74 Å². The number of para-hydroxylation sites is 2. The lowest BCUT2D eigenvalue weighted by Gasteiger charge is -2.09. The van der Waals surface area contributed by atoms with Crippen molar-refractivity contribution < 1.29 is 14.3 Å². The van der Waals surface area contributed by atoms with Gasteiger partial charge in [-0.15, -0.1) is 0 Å². The fraction of sp³-hybridized carbons (Fsp3) is 0.333. The van der Waals surface area contributed by atoms with Gasteiger partial charge in [-0.05, 0) is 18.6 Å². The first kappa shape index (κ1) is 12.2. The summed E-state index contributed by atoms with van der Waals surface area (Å²) in [4.78, 5) is 22.2. The molecule has 1 N–H and O–H groups in total. The molecular formula is C12H15NO3. The second-order valence-electron chi connectivity index (χ2n) is 3.40. The van der Waals surface area contributed by atoms with E-state index in [0.717, 1.165) is 6.42 Å². The molecule has 4 heteroatoms. The Bertz CT molecular complexity index is 388. The van der Waals surface area contributed by atoms with E-state index in [1.165, 1.54) is 6.92 Å². The SMILES string of the molecule is CCCC(=O)Oc1ccccc1NC(C)=O. The molecule has 0 atom stereocenters. The molecule has 1 aromatic carbocycles. The topological polar surface area (TPSA) is 55.4 Å². The van der Waals surface area contributed by atoms with E-state index in [1.807, 2.05) is 6.92 Å². The summed E-state index contributed by atoms with van der Waals surface area (Å²) in [6, 6.07) is 6.86. The Balaban J connectivity index is 2.78. The molecule has 0 aliphatic heterocycles. The first-order chi connectivity index (χ1) is 7.63. The van der Waals surface area contributed by atoms with Crippen LogP contribution in [-0.4, -0.2) is 11.9 Å². The smallest absolute Gasteiger partial charge is 0.311 e. The first-order valence-electron chi connectivity index (χ1n) is 5.20. The highest BCUT2D eigenvalue weighted by Gasteiger charge is 2.08. The summed E-state index contributed by atoms with van der Waals surface area (Å²) in [6.45, 7) is 3.31. The third-order valence-corrected chi connectivity index (χ3v) is 1.88. The third-order valence-electron chi connectivity index (χ3n) is 1.88. The molecule has 0 aromatic heterocycles. The van der Waals surface area contributed by atoms with Crippen molar-refractivity contribution in [3.8, 4) is 5.75 Å². The molecule has 0 radical (unpaired) electrons. The van der Waals surface area contributed by atoms with E-state index >= 15 is 0 Å². The summed E-state index contributed by atoms with van der Waals surface area (Å²) in [5.41, 5.74) is 0.513. The zero-order chi connectivity index (χ0) is 12.0. The lowest BCUT2D eigenvalue weighted by molar-refractivity contribution is -0.134. The van der Waals surface area contributed by atoms with Gasteiger partial charge in [-0.1, -0.05) is 19.1 Å². The molecule has 0 saturated carbocycles. The van der Waals surface area contributed by atoms with Crippen molar-refractivity contribution in [1.82, 2.24) is 0 Å². The molecule has 0 unspecified atom stereocenters. The number of hydrogen-bond acceptors (Lipinski definition) is 3. The fourth-order valence-corrected chi connectivity index (χ4v) is 1.23. The predicted octanol–water partition coefficient (Wildman–Crippen LogP) is 2.35. The molecule has 0 bridgehead atoms. The van der Waals surface area contributed by atoms with Gasteiger partial charge in [0.05, 0.1) is 5.69 Å². The minimum atomic E-state index is -0.291. The van der Waals surface area contributed by atoms with Crippen LogP contribution in [0.4, 0.5) is 5.69 Å². The van der Waals surface area contributed by atoms with Crippen LogP contribution in [0.1, 0.15) is 26.7 Å². The van der Waals surface area contributed by atoms with Crippen molar-refractivity contribution in [1.29, 1.82) is 0 Å². The minimum Gasteiger partial charge on any atom is -0.424 e. The van der Waals surface area contributed by atoms with E-state index in [2.05, 4.69) is 5.32 Å². The average molecular weight is 221 g/mol. The van der Waals surface area contributed by atoms with Crippen LogP contribution in [-0.2, 0) is 9.59 Å². The molecule has 0 spiro atoms. The number of anilines is 1. The van der Waals surface area contributed by atoms with Gasteiger partial charge in [-0.2, -0.15) is 0 Å². The Morgan fingerprint density at radius 2 is 2.00 bits per heavy atom. The maximum Gasteiger partial charge on any atom is 0.311 e. The number of amides is 1. The Labute approximate surface area is 94.6 Å². The zero-order valence-corrected chi connectivity index (χ0v) is 9.45. The molecule has 0 aliphatic carbocycles. The van der Waals surface area contributed by atoms with Crippen LogP contribution in [0.5, 0.6) is 5.75 Å². The van der Waals surface area contributed by atoms with Gasteiger partial charge < -0.3 is 10.1 Å². The summed E-state index contributed by atoms with van der Waals surface area (Å²) < 4.78 is 5.13. The van der Waals surface area contributed by atoms with Crippen molar-refractivity contribution >= 4 is 17.6 Å². The summed E-state index contributed by atoms with van der Waals surface area (Å²) in [5, 5.41) is 2.60. The zero-order valence-electron chi connectivity index (χ0n) is 9.45.